The van der Waals surface area contributed by atoms with Gasteiger partial charge in [0.15, 0.2) is 0 Å². The Morgan fingerprint density at radius 2 is 1.96 bits per heavy atom. The van der Waals surface area contributed by atoms with E-state index in [4.69, 9.17) is 0 Å². The molecule has 0 saturated heterocycles. The molecule has 1 unspecified atom stereocenters. The average molecular weight is 334 g/mol. The van der Waals surface area contributed by atoms with Crippen LogP contribution in [0.15, 0.2) is 61.1 Å². The fraction of sp³-hybridized carbons (Fsp3) is 0.250. The van der Waals surface area contributed by atoms with Crippen molar-refractivity contribution >= 4 is 5.91 Å². The zero-order chi connectivity index (χ0) is 17.6. The zero-order valence-corrected chi connectivity index (χ0v) is 14.5. The number of carbonyl (C=O) groups excluding carboxylic acids is 1. The third-order valence-electron chi connectivity index (χ3n) is 4.22. The second-order valence-electron chi connectivity index (χ2n) is 6.04. The van der Waals surface area contributed by atoms with Gasteiger partial charge in [-0.2, -0.15) is 5.10 Å². The number of aryl methyl sites for hydroxylation is 1. The summed E-state index contributed by atoms with van der Waals surface area (Å²) < 4.78 is 1.75. The lowest BCUT2D eigenvalue weighted by molar-refractivity contribution is -0.122. The minimum atomic E-state index is -0.121. The molecule has 128 valence electrons. The van der Waals surface area contributed by atoms with E-state index in [1.807, 2.05) is 62.6 Å². The van der Waals surface area contributed by atoms with E-state index >= 15 is 0 Å². The van der Waals surface area contributed by atoms with Crippen molar-refractivity contribution in [3.05, 3.63) is 72.2 Å². The van der Waals surface area contributed by atoms with E-state index in [1.165, 1.54) is 0 Å². The number of nitrogens with zero attached hydrogens (tertiary/aromatic N) is 3. The van der Waals surface area contributed by atoms with Crippen molar-refractivity contribution in [1.82, 2.24) is 20.1 Å². The molecule has 1 amide bonds. The number of nitrogens with one attached hydrogen (secondary N) is 1. The molecule has 25 heavy (non-hydrogen) atoms. The molecule has 0 saturated carbocycles. The smallest absolute Gasteiger partial charge is 0.227 e. The van der Waals surface area contributed by atoms with Gasteiger partial charge in [0, 0.05) is 31.5 Å². The lowest BCUT2D eigenvalue weighted by Gasteiger charge is -2.15. The third-order valence-corrected chi connectivity index (χ3v) is 4.22. The van der Waals surface area contributed by atoms with Crippen LogP contribution in [0.4, 0.5) is 0 Å². The fourth-order valence-corrected chi connectivity index (χ4v) is 2.82. The van der Waals surface area contributed by atoms with Crippen LogP contribution in [0, 0.1) is 0 Å². The summed E-state index contributed by atoms with van der Waals surface area (Å²) in [5, 5.41) is 7.17. The number of aromatic nitrogens is 3. The molecular formula is C20H22N4O. The highest BCUT2D eigenvalue weighted by molar-refractivity contribution is 5.83. The SMILES string of the molecule is CCC(C(=O)NCc1ccc(-c2cnn(C)c2)nc1)c1ccccc1. The number of rotatable bonds is 6. The molecule has 0 radical (unpaired) electrons. The second kappa shape index (κ2) is 7.75. The van der Waals surface area contributed by atoms with Crippen LogP contribution in [0.2, 0.25) is 0 Å². The number of hydrogen-bond donors (Lipinski definition) is 1. The maximum absolute atomic E-state index is 12.5. The Hall–Kier alpha value is -2.95. The van der Waals surface area contributed by atoms with E-state index in [2.05, 4.69) is 15.4 Å². The summed E-state index contributed by atoms with van der Waals surface area (Å²) in [6, 6.07) is 13.8. The molecule has 0 aliphatic carbocycles. The largest absolute Gasteiger partial charge is 0.351 e. The quantitative estimate of drug-likeness (QED) is 0.752. The highest BCUT2D eigenvalue weighted by atomic mass is 16.1. The van der Waals surface area contributed by atoms with Gasteiger partial charge in [0.05, 0.1) is 17.8 Å². The zero-order valence-electron chi connectivity index (χ0n) is 14.5. The molecule has 5 heteroatoms. The highest BCUT2D eigenvalue weighted by Crippen LogP contribution is 2.20. The molecule has 3 aromatic rings. The van der Waals surface area contributed by atoms with Gasteiger partial charge in [-0.3, -0.25) is 14.5 Å². The average Bonchev–Trinajstić information content (AvgIpc) is 3.08. The summed E-state index contributed by atoms with van der Waals surface area (Å²) in [7, 11) is 1.88. The maximum Gasteiger partial charge on any atom is 0.227 e. The predicted molar refractivity (Wildman–Crippen MR) is 97.8 cm³/mol. The Kier molecular flexibility index (Phi) is 5.23. The van der Waals surface area contributed by atoms with Crippen LogP contribution in [0.25, 0.3) is 11.3 Å². The minimum absolute atomic E-state index is 0.0463. The predicted octanol–water partition coefficient (Wildman–Crippen LogP) is 3.29. The summed E-state index contributed by atoms with van der Waals surface area (Å²) in [6.45, 7) is 2.50. The first-order chi connectivity index (χ1) is 12.2. The minimum Gasteiger partial charge on any atom is -0.351 e. The molecule has 1 aromatic carbocycles. The molecule has 0 aliphatic rings. The summed E-state index contributed by atoms with van der Waals surface area (Å²) in [5.74, 6) is -0.0751. The fourth-order valence-electron chi connectivity index (χ4n) is 2.82. The lowest BCUT2D eigenvalue weighted by atomic mass is 9.95. The Morgan fingerprint density at radius 3 is 2.56 bits per heavy atom. The number of amides is 1. The van der Waals surface area contributed by atoms with Crippen LogP contribution in [-0.4, -0.2) is 20.7 Å². The maximum atomic E-state index is 12.5. The van der Waals surface area contributed by atoms with E-state index in [-0.39, 0.29) is 11.8 Å². The van der Waals surface area contributed by atoms with Crippen LogP contribution in [0.3, 0.4) is 0 Å². The van der Waals surface area contributed by atoms with Gasteiger partial charge in [-0.25, -0.2) is 0 Å². The Balaban J connectivity index is 1.62. The summed E-state index contributed by atoms with van der Waals surface area (Å²) >= 11 is 0. The van der Waals surface area contributed by atoms with Crippen LogP contribution >= 0.6 is 0 Å². The van der Waals surface area contributed by atoms with Gasteiger partial charge in [0.25, 0.3) is 0 Å². The Labute approximate surface area is 147 Å². The van der Waals surface area contributed by atoms with Crippen LogP contribution in [0.5, 0.6) is 0 Å². The van der Waals surface area contributed by atoms with Gasteiger partial charge in [0.1, 0.15) is 0 Å². The first-order valence-corrected chi connectivity index (χ1v) is 8.44. The van der Waals surface area contributed by atoms with Crippen LogP contribution in [-0.2, 0) is 18.4 Å². The van der Waals surface area contributed by atoms with E-state index < -0.39 is 0 Å². The normalized spacial score (nSPS) is 11.9. The van der Waals surface area contributed by atoms with Gasteiger partial charge in [-0.05, 0) is 23.6 Å². The van der Waals surface area contributed by atoms with E-state index in [0.717, 1.165) is 28.8 Å². The number of hydrogen-bond acceptors (Lipinski definition) is 3. The van der Waals surface area contributed by atoms with E-state index in [0.29, 0.717) is 6.54 Å². The molecule has 0 fully saturated rings. The molecule has 5 nitrogen and oxygen atoms in total. The first-order valence-electron chi connectivity index (χ1n) is 8.44. The number of carbonyl (C=O) groups is 1. The summed E-state index contributed by atoms with van der Waals surface area (Å²) in [5.41, 5.74) is 3.88. The molecule has 3 rings (SSSR count). The van der Waals surface area contributed by atoms with E-state index in [9.17, 15) is 4.79 Å². The second-order valence-corrected chi connectivity index (χ2v) is 6.04. The van der Waals surface area contributed by atoms with Gasteiger partial charge in [-0.1, -0.05) is 43.3 Å². The standard InChI is InChI=1S/C20H22N4O/c1-3-18(16-7-5-4-6-8-16)20(25)22-12-15-9-10-19(21-11-15)17-13-23-24(2)14-17/h4-11,13-14,18H,3,12H2,1-2H3,(H,22,25). The molecule has 2 aromatic heterocycles. The molecular weight excluding hydrogens is 312 g/mol. The lowest BCUT2D eigenvalue weighted by Crippen LogP contribution is -2.28. The van der Waals surface area contributed by atoms with Crippen LogP contribution < -0.4 is 5.32 Å². The molecule has 2 heterocycles. The van der Waals surface area contributed by atoms with Gasteiger partial charge in [0.2, 0.25) is 5.91 Å². The molecule has 0 bridgehead atoms. The van der Waals surface area contributed by atoms with Gasteiger partial charge >= 0.3 is 0 Å². The van der Waals surface area contributed by atoms with Crippen molar-refractivity contribution in [2.75, 3.05) is 0 Å². The van der Waals surface area contributed by atoms with Crippen molar-refractivity contribution in [2.45, 2.75) is 25.8 Å². The molecule has 0 spiro atoms. The summed E-state index contributed by atoms with van der Waals surface area (Å²) in [4.78, 5) is 17.0. The van der Waals surface area contributed by atoms with E-state index in [1.54, 1.807) is 17.1 Å². The van der Waals surface area contributed by atoms with Crippen molar-refractivity contribution in [3.63, 3.8) is 0 Å². The number of benzene rings is 1. The molecule has 1 N–H and O–H groups in total. The molecule has 0 aliphatic heterocycles. The Morgan fingerprint density at radius 1 is 1.16 bits per heavy atom. The monoisotopic (exact) mass is 334 g/mol. The van der Waals surface area contributed by atoms with Gasteiger partial charge < -0.3 is 5.32 Å². The Bertz CT molecular complexity index is 824. The third kappa shape index (κ3) is 4.12. The van der Waals surface area contributed by atoms with Crippen LogP contribution in [0.1, 0.15) is 30.4 Å². The van der Waals surface area contributed by atoms with Crippen molar-refractivity contribution in [3.8, 4) is 11.3 Å². The van der Waals surface area contributed by atoms with Gasteiger partial charge in [-0.15, -0.1) is 0 Å². The number of pyridine rings is 1. The summed E-state index contributed by atoms with van der Waals surface area (Å²) in [6.07, 6.45) is 6.28. The van der Waals surface area contributed by atoms with Crippen molar-refractivity contribution in [2.24, 2.45) is 7.05 Å². The topological polar surface area (TPSA) is 59.8 Å². The highest BCUT2D eigenvalue weighted by Gasteiger charge is 2.17. The molecule has 1 atom stereocenters. The van der Waals surface area contributed by atoms with Crippen molar-refractivity contribution < 1.29 is 4.79 Å². The first kappa shape index (κ1) is 16.9. The van der Waals surface area contributed by atoms with Crippen molar-refractivity contribution in [1.29, 1.82) is 0 Å².